The Morgan fingerprint density at radius 3 is 2.78 bits per heavy atom. The number of nitrogens with zero attached hydrogens (tertiary/aromatic N) is 4. The molecule has 2 aliphatic heterocycles. The minimum Gasteiger partial charge on any atom is -0.481 e. The van der Waals surface area contributed by atoms with Crippen LogP contribution in [0.4, 0.5) is 0 Å². The van der Waals surface area contributed by atoms with E-state index in [4.69, 9.17) is 4.74 Å². The van der Waals surface area contributed by atoms with Gasteiger partial charge in [-0.05, 0) is 53.4 Å². The van der Waals surface area contributed by atoms with Gasteiger partial charge in [-0.2, -0.15) is 0 Å². The lowest BCUT2D eigenvalue weighted by atomic mass is 9.92. The fraction of sp³-hybridized carbons (Fsp3) is 0.700. The maximum atomic E-state index is 12.7. The molecule has 1 atom stereocenters. The first kappa shape index (κ1) is 20.0. The topological polar surface area (TPSA) is 69.1 Å². The van der Waals surface area contributed by atoms with Crippen molar-refractivity contribution in [3.63, 3.8) is 0 Å². The maximum absolute atomic E-state index is 12.7. The van der Waals surface area contributed by atoms with E-state index in [2.05, 4.69) is 9.88 Å². The van der Waals surface area contributed by atoms with Gasteiger partial charge in [0, 0.05) is 31.2 Å². The van der Waals surface area contributed by atoms with E-state index in [1.807, 2.05) is 43.8 Å². The second kappa shape index (κ2) is 7.73. The van der Waals surface area contributed by atoms with Crippen molar-refractivity contribution in [1.29, 1.82) is 0 Å². The van der Waals surface area contributed by atoms with Crippen molar-refractivity contribution in [3.05, 3.63) is 22.9 Å². The number of rotatable bonds is 6. The Kier molecular flexibility index (Phi) is 5.74. The molecule has 0 saturated carbocycles. The largest absolute Gasteiger partial charge is 0.481 e. The zero-order valence-corrected chi connectivity index (χ0v) is 17.2. The van der Waals surface area contributed by atoms with Crippen molar-refractivity contribution in [2.45, 2.75) is 51.4 Å². The van der Waals surface area contributed by atoms with Crippen molar-refractivity contribution < 1.29 is 14.6 Å². The smallest absolute Gasteiger partial charge is 0.256 e. The first-order valence-corrected chi connectivity index (χ1v) is 9.69. The number of ether oxygens (including phenoxy) is 1. The van der Waals surface area contributed by atoms with Gasteiger partial charge in [0.15, 0.2) is 0 Å². The number of likely N-dealkylation sites (tertiary alicyclic amines) is 1. The predicted octanol–water partition coefficient (Wildman–Crippen LogP) is 1.34. The molecule has 27 heavy (non-hydrogen) atoms. The molecule has 0 aliphatic carbocycles. The van der Waals surface area contributed by atoms with Crippen LogP contribution in [-0.4, -0.2) is 83.2 Å². The number of hydrogen-bond acceptors (Lipinski definition) is 6. The van der Waals surface area contributed by atoms with Gasteiger partial charge in [-0.15, -0.1) is 0 Å². The van der Waals surface area contributed by atoms with Crippen molar-refractivity contribution in [3.8, 4) is 5.88 Å². The number of carbonyl (C=O) groups is 1. The van der Waals surface area contributed by atoms with Crippen LogP contribution < -0.4 is 4.74 Å². The molecule has 0 spiro atoms. The lowest BCUT2D eigenvalue weighted by molar-refractivity contribution is -0.0481. The molecule has 0 aromatic carbocycles. The molecular formula is C20H32N4O3. The van der Waals surface area contributed by atoms with Gasteiger partial charge in [-0.1, -0.05) is 0 Å². The molecule has 1 fully saturated rings. The predicted molar refractivity (Wildman–Crippen MR) is 104 cm³/mol. The van der Waals surface area contributed by atoms with E-state index < -0.39 is 5.60 Å². The first-order chi connectivity index (χ1) is 12.7. The third-order valence-corrected chi connectivity index (χ3v) is 5.41. The zero-order chi connectivity index (χ0) is 19.8. The number of aromatic nitrogens is 1. The van der Waals surface area contributed by atoms with E-state index in [9.17, 15) is 9.90 Å². The highest BCUT2D eigenvalue weighted by atomic mass is 16.5. The zero-order valence-electron chi connectivity index (χ0n) is 17.2. The van der Waals surface area contributed by atoms with Gasteiger partial charge in [0.1, 0.15) is 0 Å². The minimum atomic E-state index is -0.705. The maximum Gasteiger partial charge on any atom is 0.256 e. The van der Waals surface area contributed by atoms with Crippen LogP contribution in [0.1, 0.15) is 48.3 Å². The molecule has 7 nitrogen and oxygen atoms in total. The number of methoxy groups -OCH3 is 1. The SMILES string of the molecule is COc1nc2c(cc1CN1CCC[C@](O)(CN(C)C)C1)C(=O)N(C(C)C)C2. The average Bonchev–Trinajstić information content (AvgIpc) is 2.89. The summed E-state index contributed by atoms with van der Waals surface area (Å²) in [6.45, 7) is 7.36. The van der Waals surface area contributed by atoms with E-state index in [-0.39, 0.29) is 11.9 Å². The Labute approximate surface area is 161 Å². The van der Waals surface area contributed by atoms with Crippen LogP contribution in [0.25, 0.3) is 0 Å². The fourth-order valence-corrected chi connectivity index (χ4v) is 4.27. The quantitative estimate of drug-likeness (QED) is 0.808. The Morgan fingerprint density at radius 1 is 1.41 bits per heavy atom. The van der Waals surface area contributed by atoms with Gasteiger partial charge < -0.3 is 19.6 Å². The number of aliphatic hydroxyl groups is 1. The van der Waals surface area contributed by atoms with E-state index >= 15 is 0 Å². The Morgan fingerprint density at radius 2 is 2.15 bits per heavy atom. The molecule has 3 rings (SSSR count). The summed E-state index contributed by atoms with van der Waals surface area (Å²) in [4.78, 5) is 23.4. The van der Waals surface area contributed by atoms with E-state index in [0.717, 1.165) is 30.6 Å². The first-order valence-electron chi connectivity index (χ1n) is 9.69. The molecule has 1 aromatic rings. The normalized spacial score (nSPS) is 23.4. The number of hydrogen-bond donors (Lipinski definition) is 1. The van der Waals surface area contributed by atoms with Gasteiger partial charge in [0.25, 0.3) is 5.91 Å². The second-order valence-corrected chi connectivity index (χ2v) is 8.45. The third-order valence-electron chi connectivity index (χ3n) is 5.41. The molecule has 0 radical (unpaired) electrons. The van der Waals surface area contributed by atoms with E-state index in [1.165, 1.54) is 0 Å². The Bertz CT molecular complexity index is 707. The number of pyridine rings is 1. The van der Waals surface area contributed by atoms with Crippen LogP contribution in [0.5, 0.6) is 5.88 Å². The van der Waals surface area contributed by atoms with Gasteiger partial charge in [-0.3, -0.25) is 9.69 Å². The summed E-state index contributed by atoms with van der Waals surface area (Å²) in [7, 11) is 5.58. The summed E-state index contributed by atoms with van der Waals surface area (Å²) in [6.07, 6.45) is 1.76. The van der Waals surface area contributed by atoms with Crippen LogP contribution >= 0.6 is 0 Å². The van der Waals surface area contributed by atoms with Crippen LogP contribution in [0.15, 0.2) is 6.07 Å². The monoisotopic (exact) mass is 376 g/mol. The molecule has 3 heterocycles. The molecule has 1 aromatic heterocycles. The molecule has 150 valence electrons. The molecule has 1 amide bonds. The highest BCUT2D eigenvalue weighted by molar-refractivity contribution is 5.98. The minimum absolute atomic E-state index is 0.0409. The molecule has 7 heteroatoms. The number of carbonyl (C=O) groups excluding carboxylic acids is 1. The summed E-state index contributed by atoms with van der Waals surface area (Å²) in [5, 5.41) is 10.9. The number of likely N-dealkylation sites (N-methyl/N-ethyl adjacent to an activating group) is 1. The molecule has 1 saturated heterocycles. The highest BCUT2D eigenvalue weighted by Crippen LogP contribution is 2.30. The standard InChI is InChI=1S/C20H32N4O3/c1-14(2)24-11-17-16(19(24)25)9-15(18(21-17)27-5)10-23-8-6-7-20(26,13-23)12-22(3)4/h9,14,26H,6-8,10-13H2,1-5H3/t20-/m0/s1. The molecule has 0 bridgehead atoms. The van der Waals surface area contributed by atoms with Crippen LogP contribution in [-0.2, 0) is 13.1 Å². The summed E-state index contributed by atoms with van der Waals surface area (Å²) in [6, 6.07) is 2.08. The van der Waals surface area contributed by atoms with Crippen molar-refractivity contribution in [1.82, 2.24) is 19.7 Å². The summed E-state index contributed by atoms with van der Waals surface area (Å²) in [5.41, 5.74) is 1.67. The van der Waals surface area contributed by atoms with E-state index in [0.29, 0.717) is 37.6 Å². The van der Waals surface area contributed by atoms with Gasteiger partial charge >= 0.3 is 0 Å². The number of amides is 1. The summed E-state index contributed by atoms with van der Waals surface area (Å²) < 4.78 is 5.52. The lowest BCUT2D eigenvalue weighted by Crippen LogP contribution is -2.52. The van der Waals surface area contributed by atoms with Gasteiger partial charge in [0.2, 0.25) is 5.88 Å². The van der Waals surface area contributed by atoms with Crippen molar-refractivity contribution in [2.75, 3.05) is 40.8 Å². The number of β-amino-alcohol motifs (C(OH)–C–C–N with tert-alkyl or cyclic N) is 1. The molecule has 1 N–H and O–H groups in total. The van der Waals surface area contributed by atoms with Crippen LogP contribution in [0.3, 0.4) is 0 Å². The average molecular weight is 377 g/mol. The fourth-order valence-electron chi connectivity index (χ4n) is 4.27. The van der Waals surface area contributed by atoms with Gasteiger partial charge in [-0.25, -0.2) is 4.98 Å². The number of piperidine rings is 1. The highest BCUT2D eigenvalue weighted by Gasteiger charge is 2.35. The van der Waals surface area contributed by atoms with Gasteiger partial charge in [0.05, 0.1) is 30.5 Å². The van der Waals surface area contributed by atoms with Crippen LogP contribution in [0.2, 0.25) is 0 Å². The van der Waals surface area contributed by atoms with E-state index in [1.54, 1.807) is 7.11 Å². The van der Waals surface area contributed by atoms with Crippen molar-refractivity contribution in [2.24, 2.45) is 0 Å². The molecule has 2 aliphatic rings. The Hall–Kier alpha value is -1.70. The molecule has 0 unspecified atom stereocenters. The molecular weight excluding hydrogens is 344 g/mol. The van der Waals surface area contributed by atoms with Crippen LogP contribution in [0, 0.1) is 0 Å². The summed E-state index contributed by atoms with van der Waals surface area (Å²) in [5.74, 6) is 0.619. The summed E-state index contributed by atoms with van der Waals surface area (Å²) >= 11 is 0. The number of fused-ring (bicyclic) bond motifs is 1. The third kappa shape index (κ3) is 4.25. The van der Waals surface area contributed by atoms with Crippen molar-refractivity contribution >= 4 is 5.91 Å². The second-order valence-electron chi connectivity index (χ2n) is 8.45. The lowest BCUT2D eigenvalue weighted by Gasteiger charge is -2.40. The Balaban J connectivity index is 1.80.